The molecule has 0 saturated heterocycles. The molecule has 4 heterocycles. The van der Waals surface area contributed by atoms with Crippen LogP contribution in [0.5, 0.6) is 0 Å². The number of hydrogen-bond donors (Lipinski definition) is 0. The molecule has 5 heteroatoms. The van der Waals surface area contributed by atoms with Crippen molar-refractivity contribution in [3.8, 4) is 61.8 Å². The van der Waals surface area contributed by atoms with E-state index in [1.807, 2.05) is 42.5 Å². The van der Waals surface area contributed by atoms with Gasteiger partial charge >= 0.3 is 0 Å². The van der Waals surface area contributed by atoms with Crippen LogP contribution in [0.15, 0.2) is 221 Å². The largest absolute Gasteiger partial charge is 0.455 e. The summed E-state index contributed by atoms with van der Waals surface area (Å²) in [5.41, 5.74) is 15.2. The molecule has 13 rings (SSSR count). The van der Waals surface area contributed by atoms with Gasteiger partial charge in [-0.3, -0.25) is 0 Å². The Kier molecular flexibility index (Phi) is 7.84. The Labute approximate surface area is 361 Å². The smallest absolute Gasteiger partial charge is 0.160 e. The highest BCUT2D eigenvalue weighted by molar-refractivity contribution is 6.12. The summed E-state index contributed by atoms with van der Waals surface area (Å²) in [6, 6.07) is 74.3. The second-order valence-electron chi connectivity index (χ2n) is 16.1. The quantitative estimate of drug-likeness (QED) is 0.168. The van der Waals surface area contributed by atoms with Crippen LogP contribution in [0.4, 0.5) is 0 Å². The zero-order valence-electron chi connectivity index (χ0n) is 33.9. The predicted molar refractivity (Wildman–Crippen MR) is 258 cm³/mol. The van der Waals surface area contributed by atoms with E-state index < -0.39 is 0 Å². The van der Waals surface area contributed by atoms with Gasteiger partial charge in [0.2, 0.25) is 0 Å². The fourth-order valence-corrected chi connectivity index (χ4v) is 9.55. The number of aromatic nitrogens is 3. The van der Waals surface area contributed by atoms with Crippen LogP contribution in [-0.4, -0.2) is 14.5 Å². The Balaban J connectivity index is 1.08. The van der Waals surface area contributed by atoms with Crippen molar-refractivity contribution in [2.24, 2.45) is 0 Å². The maximum atomic E-state index is 6.66. The van der Waals surface area contributed by atoms with Crippen molar-refractivity contribution in [1.82, 2.24) is 14.5 Å². The number of fused-ring (bicyclic) bond motifs is 9. The lowest BCUT2D eigenvalue weighted by Gasteiger charge is -2.16. The SMILES string of the molecule is c1ccc(-c2nc(-c3cc(-c4cccc5c4oc4ccccc45)cc(-c4cccc5c4oc4ccccc45)c3)cc(-c3ccccc3-n3c4ccccc4c4ccccc43)n2)cc1. The first-order valence-electron chi connectivity index (χ1n) is 21.2. The minimum atomic E-state index is 0.644. The minimum absolute atomic E-state index is 0.644. The summed E-state index contributed by atoms with van der Waals surface area (Å²) < 4.78 is 15.7. The molecule has 0 saturated carbocycles. The van der Waals surface area contributed by atoms with E-state index in [0.29, 0.717) is 5.82 Å². The molecule has 0 N–H and O–H groups in total. The highest BCUT2D eigenvalue weighted by atomic mass is 16.3. The number of hydrogen-bond acceptors (Lipinski definition) is 4. The van der Waals surface area contributed by atoms with Crippen molar-refractivity contribution in [3.05, 3.63) is 212 Å². The molecule has 0 aliphatic carbocycles. The van der Waals surface area contributed by atoms with E-state index in [9.17, 15) is 0 Å². The summed E-state index contributed by atoms with van der Waals surface area (Å²) in [6.07, 6.45) is 0. The van der Waals surface area contributed by atoms with Gasteiger partial charge in [0.1, 0.15) is 22.3 Å². The normalized spacial score (nSPS) is 11.8. The molecule has 4 aromatic heterocycles. The number of benzene rings is 9. The zero-order valence-corrected chi connectivity index (χ0v) is 33.9. The maximum absolute atomic E-state index is 6.66. The lowest BCUT2D eigenvalue weighted by molar-refractivity contribution is 0.670. The third kappa shape index (κ3) is 5.64. The van der Waals surface area contributed by atoms with Crippen LogP contribution >= 0.6 is 0 Å². The van der Waals surface area contributed by atoms with Gasteiger partial charge < -0.3 is 13.4 Å². The summed E-state index contributed by atoms with van der Waals surface area (Å²) in [5, 5.41) is 6.75. The fourth-order valence-electron chi connectivity index (χ4n) is 9.55. The monoisotopic (exact) mass is 805 g/mol. The Morgan fingerprint density at radius 1 is 0.317 bits per heavy atom. The van der Waals surface area contributed by atoms with E-state index in [2.05, 4.69) is 174 Å². The topological polar surface area (TPSA) is 57.0 Å². The molecule has 0 unspecified atom stereocenters. The van der Waals surface area contributed by atoms with Gasteiger partial charge in [-0.05, 0) is 65.7 Å². The number of para-hydroxylation sites is 7. The van der Waals surface area contributed by atoms with Crippen LogP contribution in [0.1, 0.15) is 0 Å². The minimum Gasteiger partial charge on any atom is -0.455 e. The molecule has 0 fully saturated rings. The Morgan fingerprint density at radius 2 is 0.778 bits per heavy atom. The molecular formula is C58H35N3O2. The molecular weight excluding hydrogens is 771 g/mol. The van der Waals surface area contributed by atoms with Crippen molar-refractivity contribution in [3.63, 3.8) is 0 Å². The molecule has 0 radical (unpaired) electrons. The van der Waals surface area contributed by atoms with Gasteiger partial charge in [0, 0.05) is 60.1 Å². The van der Waals surface area contributed by atoms with Crippen LogP contribution in [0.25, 0.3) is 128 Å². The third-order valence-corrected chi connectivity index (χ3v) is 12.4. The predicted octanol–water partition coefficient (Wildman–Crippen LogP) is 15.7. The van der Waals surface area contributed by atoms with Crippen LogP contribution < -0.4 is 0 Å². The highest BCUT2D eigenvalue weighted by Crippen LogP contribution is 2.43. The van der Waals surface area contributed by atoms with Crippen LogP contribution in [-0.2, 0) is 0 Å². The Morgan fingerprint density at radius 3 is 1.40 bits per heavy atom. The molecule has 63 heavy (non-hydrogen) atoms. The van der Waals surface area contributed by atoms with Crippen molar-refractivity contribution in [2.45, 2.75) is 0 Å². The zero-order chi connectivity index (χ0) is 41.4. The van der Waals surface area contributed by atoms with Crippen molar-refractivity contribution >= 4 is 65.7 Å². The summed E-state index contributed by atoms with van der Waals surface area (Å²) in [4.78, 5) is 10.8. The molecule has 5 nitrogen and oxygen atoms in total. The van der Waals surface area contributed by atoms with Gasteiger partial charge in [-0.2, -0.15) is 0 Å². The first-order valence-corrected chi connectivity index (χ1v) is 21.2. The third-order valence-electron chi connectivity index (χ3n) is 12.4. The van der Waals surface area contributed by atoms with Crippen molar-refractivity contribution in [1.29, 1.82) is 0 Å². The molecule has 0 bridgehead atoms. The van der Waals surface area contributed by atoms with Gasteiger partial charge in [0.25, 0.3) is 0 Å². The van der Waals surface area contributed by atoms with Crippen molar-refractivity contribution < 1.29 is 8.83 Å². The van der Waals surface area contributed by atoms with Gasteiger partial charge in [-0.1, -0.05) is 158 Å². The van der Waals surface area contributed by atoms with E-state index >= 15 is 0 Å². The van der Waals surface area contributed by atoms with Crippen LogP contribution in [0.3, 0.4) is 0 Å². The average Bonchev–Trinajstić information content (AvgIpc) is 4.04. The molecule has 0 aliphatic heterocycles. The molecule has 0 atom stereocenters. The lowest BCUT2D eigenvalue weighted by Crippen LogP contribution is -2.01. The second-order valence-corrected chi connectivity index (χ2v) is 16.1. The number of nitrogens with zero attached hydrogens (tertiary/aromatic N) is 3. The average molecular weight is 806 g/mol. The van der Waals surface area contributed by atoms with Gasteiger partial charge in [-0.15, -0.1) is 0 Å². The first kappa shape index (κ1) is 35.2. The summed E-state index contributed by atoms with van der Waals surface area (Å²) >= 11 is 0. The maximum Gasteiger partial charge on any atom is 0.160 e. The summed E-state index contributed by atoms with van der Waals surface area (Å²) in [6.45, 7) is 0. The molecule has 0 amide bonds. The van der Waals surface area contributed by atoms with E-state index in [-0.39, 0.29) is 0 Å². The summed E-state index contributed by atoms with van der Waals surface area (Å²) in [5.74, 6) is 0.644. The summed E-state index contributed by atoms with van der Waals surface area (Å²) in [7, 11) is 0. The Bertz CT molecular complexity index is 3740. The standard InChI is InChI=1S/C58H35N3O2/c1-2-16-36(17-3-1)58-59-49(35-50(60-58)48-22-6-11-29-53(48)61-51-27-9-4-18-42(51)43-19-5-10-28-52(43)61)39-33-37(40-23-14-25-46-44-20-7-12-30-54(44)62-56(40)46)32-38(34-39)41-24-15-26-47-45-21-8-13-31-55(45)63-57(41)47/h1-35H. The van der Waals surface area contributed by atoms with Gasteiger partial charge in [0.15, 0.2) is 5.82 Å². The second kappa shape index (κ2) is 14.0. The van der Waals surface area contributed by atoms with E-state index in [4.69, 9.17) is 18.8 Å². The molecule has 0 aliphatic rings. The number of furan rings is 2. The van der Waals surface area contributed by atoms with E-state index in [1.54, 1.807) is 0 Å². The molecule has 0 spiro atoms. The van der Waals surface area contributed by atoms with Gasteiger partial charge in [-0.25, -0.2) is 9.97 Å². The Hall–Kier alpha value is -8.54. The molecule has 9 aromatic carbocycles. The molecule has 13 aromatic rings. The van der Waals surface area contributed by atoms with Crippen molar-refractivity contribution in [2.75, 3.05) is 0 Å². The highest BCUT2D eigenvalue weighted by Gasteiger charge is 2.21. The number of rotatable bonds is 6. The fraction of sp³-hybridized carbons (Fsp3) is 0. The van der Waals surface area contributed by atoms with Gasteiger partial charge in [0.05, 0.1) is 28.1 Å². The van der Waals surface area contributed by atoms with E-state index in [0.717, 1.165) is 111 Å². The first-order chi connectivity index (χ1) is 31.2. The van der Waals surface area contributed by atoms with E-state index in [1.165, 1.54) is 10.8 Å². The molecule has 294 valence electrons. The van der Waals surface area contributed by atoms with Crippen LogP contribution in [0, 0.1) is 0 Å². The lowest BCUT2D eigenvalue weighted by atomic mass is 9.93. The van der Waals surface area contributed by atoms with Crippen LogP contribution in [0.2, 0.25) is 0 Å².